The number of likely N-dealkylation sites (N-methyl/N-ethyl adjacent to an activating group) is 1. The topological polar surface area (TPSA) is 75.8 Å². The summed E-state index contributed by atoms with van der Waals surface area (Å²) in [7, 11) is 3.22. The van der Waals surface area contributed by atoms with Gasteiger partial charge in [-0.25, -0.2) is 0 Å². The molecule has 0 radical (unpaired) electrons. The Morgan fingerprint density at radius 2 is 2.10 bits per heavy atom. The highest BCUT2D eigenvalue weighted by atomic mass is 35.5. The van der Waals surface area contributed by atoms with Gasteiger partial charge in [-0.05, 0) is 31.0 Å². The number of carbonyl (C=O) groups excluding carboxylic acids is 1. The summed E-state index contributed by atoms with van der Waals surface area (Å²) < 4.78 is 5.06. The molecule has 0 saturated carbocycles. The monoisotopic (exact) mass is 316 g/mol. The van der Waals surface area contributed by atoms with E-state index in [-0.39, 0.29) is 24.1 Å². The highest BCUT2D eigenvalue weighted by Crippen LogP contribution is 2.27. The van der Waals surface area contributed by atoms with Crippen molar-refractivity contribution in [2.75, 3.05) is 14.2 Å². The molecule has 0 aliphatic carbocycles. The molecule has 1 atom stereocenters. The minimum absolute atomic E-state index is 0. The summed E-state index contributed by atoms with van der Waals surface area (Å²) in [6.45, 7) is 4.18. The molecule has 6 heteroatoms. The summed E-state index contributed by atoms with van der Waals surface area (Å²) in [4.78, 5) is 13.9. The number of amides is 1. The van der Waals surface area contributed by atoms with Crippen molar-refractivity contribution in [2.45, 2.75) is 38.8 Å². The van der Waals surface area contributed by atoms with Crippen molar-refractivity contribution < 1.29 is 14.6 Å². The van der Waals surface area contributed by atoms with E-state index in [1.165, 1.54) is 7.11 Å². The highest BCUT2D eigenvalue weighted by molar-refractivity contribution is 5.85. The third-order valence-corrected chi connectivity index (χ3v) is 3.27. The number of aromatic hydroxyl groups is 1. The van der Waals surface area contributed by atoms with Crippen molar-refractivity contribution in [1.29, 1.82) is 0 Å². The van der Waals surface area contributed by atoms with E-state index in [0.29, 0.717) is 18.7 Å². The van der Waals surface area contributed by atoms with Crippen LogP contribution in [0, 0.1) is 0 Å². The maximum absolute atomic E-state index is 12.3. The zero-order valence-corrected chi connectivity index (χ0v) is 13.9. The zero-order valence-electron chi connectivity index (χ0n) is 13.0. The first kappa shape index (κ1) is 19.5. The lowest BCUT2D eigenvalue weighted by Gasteiger charge is -2.29. The summed E-state index contributed by atoms with van der Waals surface area (Å²) >= 11 is 0. The van der Waals surface area contributed by atoms with E-state index in [0.717, 1.165) is 12.0 Å². The fraction of sp³-hybridized carbons (Fsp3) is 0.533. The first-order chi connectivity index (χ1) is 9.31. The van der Waals surface area contributed by atoms with Crippen LogP contribution < -0.4 is 10.5 Å². The van der Waals surface area contributed by atoms with Gasteiger partial charge in [0.05, 0.1) is 12.6 Å². The molecule has 1 amide bonds. The number of nitrogens with zero attached hydrogens (tertiary/aromatic N) is 1. The molecule has 0 aliphatic heterocycles. The number of nitrogens with two attached hydrogens (primary N) is 1. The van der Waals surface area contributed by atoms with Crippen LogP contribution in [0.25, 0.3) is 0 Å². The van der Waals surface area contributed by atoms with E-state index in [9.17, 15) is 9.90 Å². The lowest BCUT2D eigenvalue weighted by molar-refractivity contribution is -0.135. The van der Waals surface area contributed by atoms with Gasteiger partial charge in [0.15, 0.2) is 11.5 Å². The Kier molecular flexibility index (Phi) is 7.53. The quantitative estimate of drug-likeness (QED) is 0.844. The van der Waals surface area contributed by atoms with Crippen LogP contribution in [0.1, 0.15) is 32.3 Å². The van der Waals surface area contributed by atoms with E-state index < -0.39 is 5.54 Å². The molecule has 1 rings (SSSR count). The van der Waals surface area contributed by atoms with Crippen LogP contribution >= 0.6 is 12.4 Å². The van der Waals surface area contributed by atoms with E-state index in [1.807, 2.05) is 6.92 Å². The maximum atomic E-state index is 12.3. The number of rotatable bonds is 6. The first-order valence-electron chi connectivity index (χ1n) is 6.72. The van der Waals surface area contributed by atoms with Gasteiger partial charge in [0.2, 0.25) is 5.91 Å². The normalized spacial score (nSPS) is 13.0. The lowest BCUT2D eigenvalue weighted by atomic mass is 9.95. The number of phenols is 1. The van der Waals surface area contributed by atoms with Crippen molar-refractivity contribution in [1.82, 2.24) is 4.90 Å². The van der Waals surface area contributed by atoms with Gasteiger partial charge in [-0.15, -0.1) is 12.4 Å². The molecule has 0 aromatic heterocycles. The number of hydrogen-bond donors (Lipinski definition) is 2. The number of methoxy groups -OCH3 is 1. The fourth-order valence-corrected chi connectivity index (χ4v) is 2.23. The van der Waals surface area contributed by atoms with Crippen LogP contribution in [-0.4, -0.2) is 35.6 Å². The molecule has 1 aromatic rings. The van der Waals surface area contributed by atoms with Gasteiger partial charge in [0.25, 0.3) is 0 Å². The molecular formula is C15H25ClN2O3. The molecule has 5 nitrogen and oxygen atoms in total. The van der Waals surface area contributed by atoms with E-state index >= 15 is 0 Å². The molecule has 0 bridgehead atoms. The van der Waals surface area contributed by atoms with Gasteiger partial charge < -0.3 is 20.5 Å². The summed E-state index contributed by atoms with van der Waals surface area (Å²) in [5, 5.41) is 9.55. The van der Waals surface area contributed by atoms with Crippen LogP contribution in [-0.2, 0) is 11.3 Å². The van der Waals surface area contributed by atoms with Crippen molar-refractivity contribution in [3.63, 3.8) is 0 Å². The van der Waals surface area contributed by atoms with Crippen molar-refractivity contribution in [2.24, 2.45) is 5.73 Å². The average Bonchev–Trinajstić information content (AvgIpc) is 2.39. The third kappa shape index (κ3) is 5.10. The summed E-state index contributed by atoms with van der Waals surface area (Å²) in [5.74, 6) is 0.388. The van der Waals surface area contributed by atoms with Gasteiger partial charge in [0, 0.05) is 13.6 Å². The molecule has 0 aliphatic rings. The van der Waals surface area contributed by atoms with Crippen LogP contribution in [0.3, 0.4) is 0 Å². The van der Waals surface area contributed by atoms with Gasteiger partial charge in [0.1, 0.15) is 0 Å². The smallest absolute Gasteiger partial charge is 0.242 e. The van der Waals surface area contributed by atoms with Crippen LogP contribution in [0.2, 0.25) is 0 Å². The van der Waals surface area contributed by atoms with E-state index in [2.05, 4.69) is 0 Å². The minimum Gasteiger partial charge on any atom is -0.504 e. The van der Waals surface area contributed by atoms with Crippen LogP contribution in [0.4, 0.5) is 0 Å². The minimum atomic E-state index is -0.843. The first-order valence-corrected chi connectivity index (χ1v) is 6.72. The third-order valence-electron chi connectivity index (χ3n) is 3.27. The largest absolute Gasteiger partial charge is 0.504 e. The second-order valence-electron chi connectivity index (χ2n) is 5.33. The number of phenolic OH excluding ortho intramolecular Hbond substituents is 1. The van der Waals surface area contributed by atoms with Gasteiger partial charge >= 0.3 is 0 Å². The Morgan fingerprint density at radius 1 is 1.48 bits per heavy atom. The predicted octanol–water partition coefficient (Wildman–Crippen LogP) is 2.30. The van der Waals surface area contributed by atoms with Crippen molar-refractivity contribution in [3.8, 4) is 11.5 Å². The highest BCUT2D eigenvalue weighted by Gasteiger charge is 2.30. The van der Waals surface area contributed by atoms with Gasteiger partial charge in [-0.1, -0.05) is 19.4 Å². The number of halogens is 1. The molecule has 3 N–H and O–H groups in total. The Labute approximate surface area is 132 Å². The van der Waals surface area contributed by atoms with E-state index in [4.69, 9.17) is 10.5 Å². The van der Waals surface area contributed by atoms with Crippen LogP contribution in [0.5, 0.6) is 11.5 Å². The van der Waals surface area contributed by atoms with Gasteiger partial charge in [-0.2, -0.15) is 0 Å². The Bertz CT molecular complexity index is 478. The SMILES string of the molecule is CCCC(C)(N)C(=O)N(C)Cc1ccc(O)c(OC)c1.Cl. The summed E-state index contributed by atoms with van der Waals surface area (Å²) in [6, 6.07) is 5.03. The molecule has 0 fully saturated rings. The Balaban J connectivity index is 0.00000400. The lowest BCUT2D eigenvalue weighted by Crippen LogP contribution is -2.51. The standard InChI is InChI=1S/C15H24N2O3.ClH/c1-5-8-15(2,16)14(19)17(3)10-11-6-7-12(18)13(9-11)20-4;/h6-7,9,18H,5,8,10,16H2,1-4H3;1H. The van der Waals surface area contributed by atoms with Crippen LogP contribution in [0.15, 0.2) is 18.2 Å². The Hall–Kier alpha value is -1.46. The molecule has 1 unspecified atom stereocenters. The molecule has 0 spiro atoms. The molecule has 120 valence electrons. The van der Waals surface area contributed by atoms with Crippen molar-refractivity contribution >= 4 is 18.3 Å². The second-order valence-corrected chi connectivity index (χ2v) is 5.33. The number of hydrogen-bond acceptors (Lipinski definition) is 4. The molecule has 0 saturated heterocycles. The fourth-order valence-electron chi connectivity index (χ4n) is 2.23. The maximum Gasteiger partial charge on any atom is 0.242 e. The zero-order chi connectivity index (χ0) is 15.3. The molecule has 21 heavy (non-hydrogen) atoms. The average molecular weight is 317 g/mol. The van der Waals surface area contributed by atoms with Gasteiger partial charge in [-0.3, -0.25) is 4.79 Å². The summed E-state index contributed by atoms with van der Waals surface area (Å²) in [6.07, 6.45) is 1.51. The molecular weight excluding hydrogens is 292 g/mol. The number of ether oxygens (including phenoxy) is 1. The Morgan fingerprint density at radius 3 is 2.62 bits per heavy atom. The molecule has 0 heterocycles. The predicted molar refractivity (Wildman–Crippen MR) is 85.9 cm³/mol. The number of carbonyl (C=O) groups is 1. The second kappa shape index (κ2) is 8.10. The summed E-state index contributed by atoms with van der Waals surface area (Å²) in [5.41, 5.74) is 6.08. The molecule has 1 aromatic carbocycles. The van der Waals surface area contributed by atoms with E-state index in [1.54, 1.807) is 37.1 Å². The number of benzene rings is 1. The van der Waals surface area contributed by atoms with Crippen molar-refractivity contribution in [3.05, 3.63) is 23.8 Å².